The van der Waals surface area contributed by atoms with Crippen LogP contribution in [0.1, 0.15) is 61.9 Å². The number of hydrogen-bond donors (Lipinski definition) is 0. The van der Waals surface area contributed by atoms with Crippen LogP contribution < -0.4 is 4.74 Å². The number of terminal acetylenes is 1. The number of carbonyl (C=O) groups is 1. The quantitative estimate of drug-likeness (QED) is 0.396. The summed E-state index contributed by atoms with van der Waals surface area (Å²) in [6.07, 6.45) is 11.3. The van der Waals surface area contributed by atoms with Gasteiger partial charge in [-0.05, 0) is 31.5 Å². The van der Waals surface area contributed by atoms with Crippen LogP contribution in [0.2, 0.25) is 0 Å². The van der Waals surface area contributed by atoms with Gasteiger partial charge in [-0.25, -0.2) is 0 Å². The lowest BCUT2D eigenvalue weighted by molar-refractivity contribution is 0.101. The molecule has 0 spiro atoms. The first kappa shape index (κ1) is 15.3. The third-order valence-electron chi connectivity index (χ3n) is 3.03. The number of unbranched alkanes of at least 4 members (excludes halogenated alkanes) is 4. The predicted octanol–water partition coefficient (Wildman–Crippen LogP) is 4.22. The van der Waals surface area contributed by atoms with Crippen LogP contribution >= 0.6 is 0 Å². The van der Waals surface area contributed by atoms with Crippen molar-refractivity contribution in [2.75, 3.05) is 6.61 Å². The molecular weight excluding hydrogens is 236 g/mol. The van der Waals surface area contributed by atoms with Crippen molar-refractivity contribution in [2.24, 2.45) is 0 Å². The molecule has 0 heterocycles. The molecule has 0 radical (unpaired) electrons. The monoisotopic (exact) mass is 258 g/mol. The van der Waals surface area contributed by atoms with Crippen LogP contribution in [0, 0.1) is 12.3 Å². The third-order valence-corrected chi connectivity index (χ3v) is 3.03. The molecule has 2 heteroatoms. The van der Waals surface area contributed by atoms with Gasteiger partial charge in [-0.15, -0.1) is 6.42 Å². The van der Waals surface area contributed by atoms with Gasteiger partial charge in [-0.2, -0.15) is 0 Å². The molecule has 1 aromatic rings. The Labute approximate surface area is 116 Å². The van der Waals surface area contributed by atoms with Gasteiger partial charge in [0.25, 0.3) is 0 Å². The first-order valence-electron chi connectivity index (χ1n) is 6.93. The van der Waals surface area contributed by atoms with Crippen LogP contribution in [0.4, 0.5) is 0 Å². The van der Waals surface area contributed by atoms with E-state index in [4.69, 9.17) is 11.2 Å². The van der Waals surface area contributed by atoms with Crippen LogP contribution in [0.25, 0.3) is 0 Å². The molecule has 0 amide bonds. The normalized spacial score (nSPS) is 9.95. The minimum atomic E-state index is -0.0157. The largest absolute Gasteiger partial charge is 0.493 e. The van der Waals surface area contributed by atoms with E-state index in [1.54, 1.807) is 18.2 Å². The van der Waals surface area contributed by atoms with Crippen molar-refractivity contribution in [1.29, 1.82) is 0 Å². The van der Waals surface area contributed by atoms with Crippen molar-refractivity contribution in [3.05, 3.63) is 29.3 Å². The van der Waals surface area contributed by atoms with E-state index in [-0.39, 0.29) is 5.78 Å². The first-order chi connectivity index (χ1) is 9.19. The average Bonchev–Trinajstić information content (AvgIpc) is 2.42. The summed E-state index contributed by atoms with van der Waals surface area (Å²) in [5, 5.41) is 0. The number of carbonyl (C=O) groups excluding carboxylic acids is 1. The highest BCUT2D eigenvalue weighted by Gasteiger charge is 2.09. The highest BCUT2D eigenvalue weighted by atomic mass is 16.5. The van der Waals surface area contributed by atoms with Crippen LogP contribution in [0.3, 0.4) is 0 Å². The fourth-order valence-electron chi connectivity index (χ4n) is 1.91. The van der Waals surface area contributed by atoms with Gasteiger partial charge in [0.15, 0.2) is 5.78 Å². The molecule has 0 saturated heterocycles. The maximum absolute atomic E-state index is 11.6. The van der Waals surface area contributed by atoms with E-state index in [9.17, 15) is 4.79 Å². The molecule has 0 N–H and O–H groups in total. The summed E-state index contributed by atoms with van der Waals surface area (Å²) in [4.78, 5) is 11.6. The molecule has 0 fully saturated rings. The lowest BCUT2D eigenvalue weighted by Gasteiger charge is -2.10. The fraction of sp³-hybridized carbons (Fsp3) is 0.471. The molecule has 0 aliphatic rings. The zero-order chi connectivity index (χ0) is 14.1. The maximum Gasteiger partial charge on any atom is 0.163 e. The molecule has 102 valence electrons. The second kappa shape index (κ2) is 8.37. The molecule has 1 rings (SSSR count). The van der Waals surface area contributed by atoms with E-state index >= 15 is 0 Å². The number of benzene rings is 1. The molecule has 1 aromatic carbocycles. The molecule has 0 bridgehead atoms. The number of ketones is 1. The Kier molecular flexibility index (Phi) is 6.74. The van der Waals surface area contributed by atoms with Crippen molar-refractivity contribution in [1.82, 2.24) is 0 Å². The smallest absolute Gasteiger partial charge is 0.163 e. The van der Waals surface area contributed by atoms with Gasteiger partial charge in [-0.1, -0.05) is 38.5 Å². The van der Waals surface area contributed by atoms with Gasteiger partial charge in [0, 0.05) is 5.56 Å². The van der Waals surface area contributed by atoms with Gasteiger partial charge in [0.1, 0.15) is 5.75 Å². The lowest BCUT2D eigenvalue weighted by atomic mass is 10.1. The number of Topliss-reactive ketones (excluding diaryl/α,β-unsaturated/α-hetero) is 1. The van der Waals surface area contributed by atoms with Crippen molar-refractivity contribution in [2.45, 2.75) is 46.0 Å². The van der Waals surface area contributed by atoms with Gasteiger partial charge in [0.05, 0.1) is 12.2 Å². The van der Waals surface area contributed by atoms with E-state index in [1.807, 2.05) is 0 Å². The summed E-state index contributed by atoms with van der Waals surface area (Å²) in [6.45, 7) is 4.38. The van der Waals surface area contributed by atoms with Gasteiger partial charge in [0.2, 0.25) is 0 Å². The lowest BCUT2D eigenvalue weighted by Crippen LogP contribution is -2.03. The fourth-order valence-corrected chi connectivity index (χ4v) is 1.91. The summed E-state index contributed by atoms with van der Waals surface area (Å²) in [6, 6.07) is 5.31. The second-order valence-electron chi connectivity index (χ2n) is 4.67. The molecular formula is C17H22O2. The highest BCUT2D eigenvalue weighted by Crippen LogP contribution is 2.21. The molecule has 2 nitrogen and oxygen atoms in total. The number of ether oxygens (including phenoxy) is 1. The van der Waals surface area contributed by atoms with Gasteiger partial charge < -0.3 is 4.74 Å². The minimum absolute atomic E-state index is 0.0157. The van der Waals surface area contributed by atoms with E-state index in [2.05, 4.69) is 12.8 Å². The zero-order valence-corrected chi connectivity index (χ0v) is 11.9. The Hall–Kier alpha value is -1.75. The molecule has 0 unspecified atom stereocenters. The Morgan fingerprint density at radius 3 is 2.63 bits per heavy atom. The Balaban J connectivity index is 2.53. The summed E-state index contributed by atoms with van der Waals surface area (Å²) >= 11 is 0. The van der Waals surface area contributed by atoms with Crippen LogP contribution in [-0.4, -0.2) is 12.4 Å². The first-order valence-corrected chi connectivity index (χ1v) is 6.93. The van der Waals surface area contributed by atoms with Gasteiger partial charge in [-0.3, -0.25) is 4.79 Å². The topological polar surface area (TPSA) is 26.3 Å². The molecule has 0 atom stereocenters. The van der Waals surface area contributed by atoms with Crippen LogP contribution in [0.15, 0.2) is 18.2 Å². The molecule has 0 aliphatic carbocycles. The van der Waals surface area contributed by atoms with E-state index in [0.717, 1.165) is 6.42 Å². The minimum Gasteiger partial charge on any atom is -0.493 e. The summed E-state index contributed by atoms with van der Waals surface area (Å²) in [5.74, 6) is 3.16. The summed E-state index contributed by atoms with van der Waals surface area (Å²) in [7, 11) is 0. The average molecular weight is 258 g/mol. The Morgan fingerprint density at radius 2 is 2.00 bits per heavy atom. The highest BCUT2D eigenvalue weighted by molar-refractivity contribution is 5.97. The molecule has 0 aromatic heterocycles. The Morgan fingerprint density at radius 1 is 1.26 bits per heavy atom. The van der Waals surface area contributed by atoms with Crippen molar-refractivity contribution in [3.63, 3.8) is 0 Å². The van der Waals surface area contributed by atoms with Crippen LogP contribution in [0.5, 0.6) is 5.75 Å². The van der Waals surface area contributed by atoms with Crippen molar-refractivity contribution >= 4 is 5.78 Å². The Bertz CT molecular complexity index is 455. The summed E-state index contributed by atoms with van der Waals surface area (Å²) in [5.41, 5.74) is 1.28. The second-order valence-corrected chi connectivity index (χ2v) is 4.67. The standard InChI is InChI=1S/C17H22O2/c1-4-6-7-8-9-12-19-17-11-10-15(5-2)13-16(17)14(3)18/h2,10-11,13H,4,6-9,12H2,1,3H3. The third kappa shape index (κ3) is 5.18. The molecule has 0 aliphatic heterocycles. The molecule has 19 heavy (non-hydrogen) atoms. The molecule has 0 saturated carbocycles. The van der Waals surface area contributed by atoms with Crippen LogP contribution in [-0.2, 0) is 0 Å². The van der Waals surface area contributed by atoms with Crippen molar-refractivity contribution in [3.8, 4) is 18.1 Å². The van der Waals surface area contributed by atoms with E-state index in [0.29, 0.717) is 23.5 Å². The maximum atomic E-state index is 11.6. The summed E-state index contributed by atoms with van der Waals surface area (Å²) < 4.78 is 5.69. The van der Waals surface area contributed by atoms with E-state index in [1.165, 1.54) is 32.6 Å². The SMILES string of the molecule is C#Cc1ccc(OCCCCCCC)c(C(C)=O)c1. The number of hydrogen-bond acceptors (Lipinski definition) is 2. The number of rotatable bonds is 8. The predicted molar refractivity (Wildman–Crippen MR) is 78.6 cm³/mol. The van der Waals surface area contributed by atoms with Crippen molar-refractivity contribution < 1.29 is 9.53 Å². The van der Waals surface area contributed by atoms with Gasteiger partial charge >= 0.3 is 0 Å². The zero-order valence-electron chi connectivity index (χ0n) is 11.9. The van der Waals surface area contributed by atoms with E-state index < -0.39 is 0 Å².